The van der Waals surface area contributed by atoms with Crippen LogP contribution < -0.4 is 15.4 Å². The minimum atomic E-state index is -1.15. The number of nitrogens with zero attached hydrogens (tertiary/aromatic N) is 1. The van der Waals surface area contributed by atoms with Gasteiger partial charge in [0.2, 0.25) is 17.7 Å². The first-order valence-electron chi connectivity index (χ1n) is 15.3. The third-order valence-corrected chi connectivity index (χ3v) is 9.18. The van der Waals surface area contributed by atoms with Crippen molar-refractivity contribution in [1.29, 1.82) is 0 Å². The molecule has 5 rings (SSSR count). The highest BCUT2D eigenvalue weighted by atomic mass is 16.5. The summed E-state index contributed by atoms with van der Waals surface area (Å²) >= 11 is 0. The Balaban J connectivity index is 1.47. The van der Waals surface area contributed by atoms with Crippen LogP contribution in [0.5, 0.6) is 5.75 Å². The number of benzene rings is 2. The van der Waals surface area contributed by atoms with E-state index in [0.717, 1.165) is 24.8 Å². The monoisotopic (exact) mass is 577 g/mol. The highest BCUT2D eigenvalue weighted by Gasteiger charge is 2.78. The predicted molar refractivity (Wildman–Crippen MR) is 159 cm³/mol. The van der Waals surface area contributed by atoms with E-state index in [9.17, 15) is 19.5 Å². The highest BCUT2D eigenvalue weighted by molar-refractivity contribution is 6.02. The summed E-state index contributed by atoms with van der Waals surface area (Å²) in [6.07, 6.45) is 4.25. The average molecular weight is 578 g/mol. The third kappa shape index (κ3) is 5.40. The zero-order valence-electron chi connectivity index (χ0n) is 24.8. The molecule has 3 saturated heterocycles. The van der Waals surface area contributed by atoms with Gasteiger partial charge in [-0.2, -0.15) is 0 Å². The SMILES string of the molecule is CCCCCNC(=O)C1N([C@@H](CO)Cc2ccccc2)C(=O)[C@@H]2[C@H](C(=O)Nc3ccc(OCC)cc3)[C@]3(C)CCC12O3. The molecule has 3 aliphatic rings. The fourth-order valence-electron chi connectivity index (χ4n) is 7.30. The van der Waals surface area contributed by atoms with Crippen molar-refractivity contribution in [2.24, 2.45) is 11.8 Å². The number of hydrogen-bond acceptors (Lipinski definition) is 6. The van der Waals surface area contributed by atoms with Gasteiger partial charge < -0.3 is 30.1 Å². The minimum absolute atomic E-state index is 0.287. The van der Waals surface area contributed by atoms with Crippen LogP contribution in [0.4, 0.5) is 5.69 Å². The van der Waals surface area contributed by atoms with Gasteiger partial charge in [0.05, 0.1) is 36.7 Å². The molecule has 3 aliphatic heterocycles. The van der Waals surface area contributed by atoms with Gasteiger partial charge in [0, 0.05) is 12.2 Å². The van der Waals surface area contributed by atoms with E-state index < -0.39 is 35.1 Å². The normalized spacial score (nSPS) is 28.4. The first kappa shape index (κ1) is 30.0. The summed E-state index contributed by atoms with van der Waals surface area (Å²) in [7, 11) is 0. The van der Waals surface area contributed by atoms with E-state index in [1.165, 1.54) is 4.90 Å². The van der Waals surface area contributed by atoms with Gasteiger partial charge in [0.1, 0.15) is 17.4 Å². The number of nitrogens with one attached hydrogen (secondary N) is 2. The van der Waals surface area contributed by atoms with Gasteiger partial charge in [-0.25, -0.2) is 0 Å². The topological polar surface area (TPSA) is 117 Å². The lowest BCUT2D eigenvalue weighted by molar-refractivity contribution is -0.148. The molecule has 0 saturated carbocycles. The Morgan fingerprint density at radius 2 is 1.81 bits per heavy atom. The van der Waals surface area contributed by atoms with Crippen LogP contribution in [0, 0.1) is 11.8 Å². The second kappa shape index (κ2) is 12.4. The zero-order valence-corrected chi connectivity index (χ0v) is 24.8. The van der Waals surface area contributed by atoms with Gasteiger partial charge >= 0.3 is 0 Å². The molecule has 6 atom stereocenters. The van der Waals surface area contributed by atoms with Crippen LogP contribution in [0.25, 0.3) is 0 Å². The molecule has 2 unspecified atom stereocenters. The quantitative estimate of drug-likeness (QED) is 0.313. The Kier molecular flexibility index (Phi) is 8.89. The Morgan fingerprint density at radius 1 is 1.07 bits per heavy atom. The average Bonchev–Trinajstić information content (AvgIpc) is 3.56. The van der Waals surface area contributed by atoms with Crippen molar-refractivity contribution in [3.05, 3.63) is 60.2 Å². The number of aliphatic hydroxyl groups excluding tert-OH is 1. The second-order valence-corrected chi connectivity index (χ2v) is 11.9. The first-order valence-corrected chi connectivity index (χ1v) is 15.3. The number of carbonyl (C=O) groups excluding carboxylic acids is 3. The van der Waals surface area contributed by atoms with Crippen molar-refractivity contribution < 1.29 is 29.0 Å². The van der Waals surface area contributed by atoms with Crippen molar-refractivity contribution >= 4 is 23.4 Å². The molecule has 1 spiro atoms. The number of rotatable bonds is 13. The first-order chi connectivity index (χ1) is 20.3. The summed E-state index contributed by atoms with van der Waals surface area (Å²) in [5, 5.41) is 16.6. The number of aliphatic hydroxyl groups is 1. The van der Waals surface area contributed by atoms with Crippen molar-refractivity contribution in [3.8, 4) is 5.75 Å². The van der Waals surface area contributed by atoms with E-state index >= 15 is 0 Å². The van der Waals surface area contributed by atoms with Crippen LogP contribution in [0.2, 0.25) is 0 Å². The number of ether oxygens (including phenoxy) is 2. The molecular weight excluding hydrogens is 534 g/mol. The summed E-state index contributed by atoms with van der Waals surface area (Å²) < 4.78 is 12.2. The molecule has 9 nitrogen and oxygen atoms in total. The van der Waals surface area contributed by atoms with Crippen molar-refractivity contribution in [1.82, 2.24) is 10.2 Å². The highest BCUT2D eigenvalue weighted by Crippen LogP contribution is 2.63. The molecule has 3 N–H and O–H groups in total. The van der Waals surface area contributed by atoms with Crippen LogP contribution >= 0.6 is 0 Å². The van der Waals surface area contributed by atoms with E-state index in [2.05, 4.69) is 17.6 Å². The van der Waals surface area contributed by atoms with Gasteiger partial charge in [-0.1, -0.05) is 50.1 Å². The van der Waals surface area contributed by atoms with E-state index in [0.29, 0.717) is 43.9 Å². The molecule has 2 bridgehead atoms. The van der Waals surface area contributed by atoms with Crippen molar-refractivity contribution in [3.63, 3.8) is 0 Å². The molecule has 0 aliphatic carbocycles. The smallest absolute Gasteiger partial charge is 0.245 e. The lowest BCUT2D eigenvalue weighted by Gasteiger charge is -2.37. The molecule has 42 heavy (non-hydrogen) atoms. The van der Waals surface area contributed by atoms with E-state index in [1.807, 2.05) is 44.2 Å². The number of hydrogen-bond donors (Lipinski definition) is 3. The summed E-state index contributed by atoms with van der Waals surface area (Å²) in [6, 6.07) is 15.2. The summed E-state index contributed by atoms with van der Waals surface area (Å²) in [5.41, 5.74) is -0.501. The fraction of sp³-hybridized carbons (Fsp3) is 0.545. The Morgan fingerprint density at radius 3 is 2.48 bits per heavy atom. The fourth-order valence-corrected chi connectivity index (χ4v) is 7.30. The van der Waals surface area contributed by atoms with Crippen molar-refractivity contribution in [2.45, 2.75) is 82.6 Å². The molecule has 0 radical (unpaired) electrons. The van der Waals surface area contributed by atoms with Crippen LogP contribution in [0.1, 0.15) is 58.4 Å². The molecular formula is C33H43N3O6. The number of anilines is 1. The lowest BCUT2D eigenvalue weighted by Crippen LogP contribution is -2.58. The number of amides is 3. The zero-order chi connectivity index (χ0) is 29.9. The molecule has 2 aromatic carbocycles. The van der Waals surface area contributed by atoms with E-state index in [-0.39, 0.29) is 24.3 Å². The predicted octanol–water partition coefficient (Wildman–Crippen LogP) is 3.70. The third-order valence-electron chi connectivity index (χ3n) is 9.18. The molecule has 3 fully saturated rings. The summed E-state index contributed by atoms with van der Waals surface area (Å²) in [6.45, 7) is 6.60. The maximum Gasteiger partial charge on any atom is 0.245 e. The largest absolute Gasteiger partial charge is 0.494 e. The lowest BCUT2D eigenvalue weighted by atomic mass is 9.66. The molecule has 2 aromatic rings. The Hall–Kier alpha value is -3.43. The maximum atomic E-state index is 14.4. The van der Waals surface area contributed by atoms with Gasteiger partial charge in [0.25, 0.3) is 0 Å². The van der Waals surface area contributed by atoms with E-state index in [1.54, 1.807) is 24.3 Å². The molecule has 3 amide bonds. The van der Waals surface area contributed by atoms with Gasteiger partial charge in [0.15, 0.2) is 0 Å². The Labute approximate surface area is 248 Å². The van der Waals surface area contributed by atoms with Crippen LogP contribution in [-0.2, 0) is 25.5 Å². The number of fused-ring (bicyclic) bond motifs is 1. The van der Waals surface area contributed by atoms with Gasteiger partial charge in [-0.15, -0.1) is 0 Å². The van der Waals surface area contributed by atoms with Crippen LogP contribution in [0.15, 0.2) is 54.6 Å². The molecule has 226 valence electrons. The molecule has 9 heteroatoms. The van der Waals surface area contributed by atoms with E-state index in [4.69, 9.17) is 9.47 Å². The summed E-state index contributed by atoms with van der Waals surface area (Å²) in [5.74, 6) is -1.84. The maximum absolute atomic E-state index is 14.4. The Bertz CT molecular complexity index is 1270. The van der Waals surface area contributed by atoms with Crippen LogP contribution in [0.3, 0.4) is 0 Å². The summed E-state index contributed by atoms with van der Waals surface area (Å²) in [4.78, 5) is 43.8. The molecule has 3 heterocycles. The molecule has 0 aromatic heterocycles. The standard InChI is InChI=1S/C33H43N3O6/c1-4-6-10-19-34-30(39)28-33-18-17-32(3,42-33)26(29(38)35-23-13-15-25(16-14-23)41-5-2)27(33)31(40)36(28)24(21-37)20-22-11-8-7-9-12-22/h7-9,11-16,24,26-28,37H,4-6,10,17-21H2,1-3H3,(H,34,39)(H,35,38)/t24-,26-,27+,28?,32+,33?/m1/s1. The second-order valence-electron chi connectivity index (χ2n) is 11.9. The van der Waals surface area contributed by atoms with Crippen molar-refractivity contribution in [2.75, 3.05) is 25.1 Å². The van der Waals surface area contributed by atoms with Gasteiger partial charge in [-0.05, 0) is 69.4 Å². The minimum Gasteiger partial charge on any atom is -0.494 e. The van der Waals surface area contributed by atoms with Crippen LogP contribution in [-0.4, -0.2) is 70.8 Å². The number of unbranched alkanes of at least 4 members (excludes halogenated alkanes) is 2. The number of carbonyl (C=O) groups is 3. The van der Waals surface area contributed by atoms with Gasteiger partial charge in [-0.3, -0.25) is 14.4 Å². The number of likely N-dealkylation sites (tertiary alicyclic amines) is 1.